The molecule has 0 heterocycles. The minimum absolute atomic E-state index is 0.283. The predicted octanol–water partition coefficient (Wildman–Crippen LogP) is 2.30. The second-order valence-corrected chi connectivity index (χ2v) is 4.90. The van der Waals surface area contributed by atoms with E-state index in [-0.39, 0.29) is 6.61 Å². The van der Waals surface area contributed by atoms with Crippen molar-refractivity contribution in [2.75, 3.05) is 26.2 Å². The normalized spacial score (nSPS) is 12.9. The number of hydrogen-bond acceptors (Lipinski definition) is 3. The molecule has 0 spiro atoms. The molecule has 0 aliphatic carbocycles. The van der Waals surface area contributed by atoms with Crippen LogP contribution in [0.15, 0.2) is 0 Å². The molecule has 0 saturated carbocycles. The summed E-state index contributed by atoms with van der Waals surface area (Å²) in [5.41, 5.74) is 0. The van der Waals surface area contributed by atoms with E-state index in [1.807, 2.05) is 0 Å². The molecule has 0 aromatic heterocycles. The number of aliphatic hydroxyl groups excluding tert-OH is 1. The maximum Gasteiger partial charge on any atom is 0.0443 e. The maximum absolute atomic E-state index is 8.66. The first-order valence-corrected chi connectivity index (χ1v) is 7.36. The van der Waals surface area contributed by atoms with E-state index in [0.29, 0.717) is 6.04 Å². The van der Waals surface area contributed by atoms with Gasteiger partial charge in [-0.25, -0.2) is 0 Å². The maximum atomic E-state index is 8.66. The molecule has 0 aliphatic heterocycles. The Labute approximate surface area is 107 Å². The van der Waals surface area contributed by atoms with Crippen molar-refractivity contribution in [3.8, 4) is 0 Å². The third-order valence-electron chi connectivity index (χ3n) is 2.99. The summed E-state index contributed by atoms with van der Waals surface area (Å²) >= 11 is 0. The monoisotopic (exact) mass is 244 g/mol. The van der Waals surface area contributed by atoms with Gasteiger partial charge in [0, 0.05) is 19.2 Å². The Bertz CT molecular complexity index is 142. The van der Waals surface area contributed by atoms with Gasteiger partial charge >= 0.3 is 0 Å². The number of nitrogens with one attached hydrogen (secondary N) is 2. The molecule has 0 radical (unpaired) electrons. The van der Waals surface area contributed by atoms with E-state index < -0.39 is 0 Å². The molecule has 3 nitrogen and oxygen atoms in total. The number of hydrogen-bond donors (Lipinski definition) is 3. The molecule has 17 heavy (non-hydrogen) atoms. The van der Waals surface area contributed by atoms with Gasteiger partial charge in [-0.1, -0.05) is 39.0 Å². The molecule has 3 N–H and O–H groups in total. The lowest BCUT2D eigenvalue weighted by Gasteiger charge is -2.14. The first kappa shape index (κ1) is 16.9. The van der Waals surface area contributed by atoms with E-state index >= 15 is 0 Å². The zero-order valence-electron chi connectivity index (χ0n) is 11.8. The van der Waals surface area contributed by atoms with E-state index in [2.05, 4.69) is 24.5 Å². The molecule has 0 aliphatic rings. The zero-order valence-corrected chi connectivity index (χ0v) is 11.8. The summed E-state index contributed by atoms with van der Waals surface area (Å²) in [7, 11) is 0. The van der Waals surface area contributed by atoms with Gasteiger partial charge in [-0.2, -0.15) is 0 Å². The van der Waals surface area contributed by atoms with Gasteiger partial charge in [-0.05, 0) is 32.9 Å². The summed E-state index contributed by atoms with van der Waals surface area (Å²) in [4.78, 5) is 0. The van der Waals surface area contributed by atoms with Crippen molar-refractivity contribution in [2.45, 2.75) is 64.8 Å². The topological polar surface area (TPSA) is 44.3 Å². The summed E-state index contributed by atoms with van der Waals surface area (Å²) in [6, 6.07) is 0.502. The predicted molar refractivity (Wildman–Crippen MR) is 75.4 cm³/mol. The van der Waals surface area contributed by atoms with Crippen molar-refractivity contribution in [1.29, 1.82) is 0 Å². The highest BCUT2D eigenvalue weighted by Crippen LogP contribution is 2.03. The van der Waals surface area contributed by atoms with Crippen LogP contribution < -0.4 is 10.6 Å². The van der Waals surface area contributed by atoms with Gasteiger partial charge in [0.1, 0.15) is 0 Å². The highest BCUT2D eigenvalue weighted by atomic mass is 16.3. The number of unbranched alkanes of at least 4 members (excludes halogenated alkanes) is 5. The second kappa shape index (κ2) is 13.9. The Balaban J connectivity index is 3.05. The fraction of sp³-hybridized carbons (Fsp3) is 1.00. The minimum atomic E-state index is 0.283. The van der Waals surface area contributed by atoms with Gasteiger partial charge in [0.25, 0.3) is 0 Å². The smallest absolute Gasteiger partial charge is 0.0443 e. The summed E-state index contributed by atoms with van der Waals surface area (Å²) in [6.45, 7) is 7.80. The standard InChI is InChI=1S/C14H32N2O/c1-3-4-5-6-7-8-10-15-13-14(2)16-11-9-12-17/h14-17H,3-13H2,1-2H3. The quantitative estimate of drug-likeness (QED) is 0.436. The van der Waals surface area contributed by atoms with Crippen molar-refractivity contribution < 1.29 is 5.11 Å². The Hall–Kier alpha value is -0.120. The molecule has 0 aromatic rings. The van der Waals surface area contributed by atoms with E-state index in [1.165, 1.54) is 38.5 Å². The lowest BCUT2D eigenvalue weighted by molar-refractivity contribution is 0.283. The Morgan fingerprint density at radius 3 is 2.35 bits per heavy atom. The van der Waals surface area contributed by atoms with Crippen LogP contribution in [0.4, 0.5) is 0 Å². The fourth-order valence-corrected chi connectivity index (χ4v) is 1.85. The van der Waals surface area contributed by atoms with E-state index in [9.17, 15) is 0 Å². The van der Waals surface area contributed by atoms with Crippen LogP contribution in [0, 0.1) is 0 Å². The third kappa shape index (κ3) is 13.8. The summed E-state index contributed by atoms with van der Waals surface area (Å²) in [6.07, 6.45) is 9.01. The van der Waals surface area contributed by atoms with Crippen LogP contribution in [0.1, 0.15) is 58.8 Å². The van der Waals surface area contributed by atoms with Gasteiger partial charge < -0.3 is 15.7 Å². The lowest BCUT2D eigenvalue weighted by Crippen LogP contribution is -2.37. The first-order chi connectivity index (χ1) is 8.31. The average molecular weight is 244 g/mol. The van der Waals surface area contributed by atoms with Gasteiger partial charge in [0.15, 0.2) is 0 Å². The third-order valence-corrected chi connectivity index (χ3v) is 2.99. The van der Waals surface area contributed by atoms with Gasteiger partial charge in [-0.15, -0.1) is 0 Å². The summed E-state index contributed by atoms with van der Waals surface area (Å²) in [5, 5.41) is 15.5. The fourth-order valence-electron chi connectivity index (χ4n) is 1.85. The van der Waals surface area contributed by atoms with Crippen LogP contribution in [-0.4, -0.2) is 37.4 Å². The molecule has 104 valence electrons. The summed E-state index contributed by atoms with van der Waals surface area (Å²) in [5.74, 6) is 0. The highest BCUT2D eigenvalue weighted by Gasteiger charge is 1.99. The second-order valence-electron chi connectivity index (χ2n) is 4.90. The van der Waals surface area contributed by atoms with Crippen molar-refractivity contribution >= 4 is 0 Å². The van der Waals surface area contributed by atoms with Crippen LogP contribution in [0.3, 0.4) is 0 Å². The molecule has 1 atom stereocenters. The van der Waals surface area contributed by atoms with Gasteiger partial charge in [-0.3, -0.25) is 0 Å². The van der Waals surface area contributed by atoms with Gasteiger partial charge in [0.05, 0.1) is 0 Å². The van der Waals surface area contributed by atoms with E-state index in [0.717, 1.165) is 26.1 Å². The molecule has 1 unspecified atom stereocenters. The Morgan fingerprint density at radius 2 is 1.65 bits per heavy atom. The average Bonchev–Trinajstić information content (AvgIpc) is 2.33. The number of rotatable bonds is 13. The van der Waals surface area contributed by atoms with Crippen LogP contribution in [0.5, 0.6) is 0 Å². The largest absolute Gasteiger partial charge is 0.396 e. The molecule has 3 heteroatoms. The number of aliphatic hydroxyl groups is 1. The van der Waals surface area contributed by atoms with Crippen LogP contribution in [-0.2, 0) is 0 Å². The SMILES string of the molecule is CCCCCCCCNCC(C)NCCCO. The van der Waals surface area contributed by atoms with Crippen molar-refractivity contribution in [1.82, 2.24) is 10.6 Å². The van der Waals surface area contributed by atoms with Crippen LogP contribution >= 0.6 is 0 Å². The Morgan fingerprint density at radius 1 is 0.941 bits per heavy atom. The minimum Gasteiger partial charge on any atom is -0.396 e. The van der Waals surface area contributed by atoms with Crippen molar-refractivity contribution in [2.24, 2.45) is 0 Å². The summed E-state index contributed by atoms with van der Waals surface area (Å²) < 4.78 is 0. The zero-order chi connectivity index (χ0) is 12.8. The molecule has 0 amide bonds. The molecular weight excluding hydrogens is 212 g/mol. The van der Waals surface area contributed by atoms with E-state index in [1.54, 1.807) is 0 Å². The molecule has 0 fully saturated rings. The molecule has 0 rings (SSSR count). The van der Waals surface area contributed by atoms with Crippen molar-refractivity contribution in [3.05, 3.63) is 0 Å². The lowest BCUT2D eigenvalue weighted by atomic mass is 10.1. The molecule has 0 aromatic carbocycles. The van der Waals surface area contributed by atoms with Gasteiger partial charge in [0.2, 0.25) is 0 Å². The van der Waals surface area contributed by atoms with E-state index in [4.69, 9.17) is 5.11 Å². The van der Waals surface area contributed by atoms with Crippen LogP contribution in [0.25, 0.3) is 0 Å². The first-order valence-electron chi connectivity index (χ1n) is 7.36. The molecule has 0 saturated heterocycles. The molecule has 0 bridgehead atoms. The van der Waals surface area contributed by atoms with Crippen LogP contribution in [0.2, 0.25) is 0 Å². The van der Waals surface area contributed by atoms with Crippen molar-refractivity contribution in [3.63, 3.8) is 0 Å². The molecular formula is C14H32N2O. The Kier molecular flexibility index (Phi) is 13.8. The highest BCUT2D eigenvalue weighted by molar-refractivity contribution is 4.63.